The SMILES string of the molecule is CCOCC1C(=O)N(c2ccc(C#N)c(C(F)(F)F)c2)C(=S)N1c1ccc(C(=O)OC)c(F)c1. The maximum absolute atomic E-state index is 14.6. The summed E-state index contributed by atoms with van der Waals surface area (Å²) in [5.41, 5.74) is -2.31. The van der Waals surface area contributed by atoms with Gasteiger partial charge in [0.25, 0.3) is 5.91 Å². The average Bonchev–Trinajstić information content (AvgIpc) is 3.05. The van der Waals surface area contributed by atoms with Crippen LogP contribution in [0.5, 0.6) is 0 Å². The summed E-state index contributed by atoms with van der Waals surface area (Å²) in [5, 5.41) is 8.80. The quantitative estimate of drug-likeness (QED) is 0.340. The second-order valence-electron chi connectivity index (χ2n) is 7.00. The van der Waals surface area contributed by atoms with Crippen molar-refractivity contribution in [2.75, 3.05) is 30.1 Å². The number of anilines is 2. The molecular weight excluding hydrogens is 478 g/mol. The van der Waals surface area contributed by atoms with E-state index in [9.17, 15) is 27.2 Å². The molecule has 2 aromatic rings. The topological polar surface area (TPSA) is 82.9 Å². The smallest absolute Gasteiger partial charge is 0.417 e. The Morgan fingerprint density at radius 2 is 1.88 bits per heavy atom. The maximum atomic E-state index is 14.6. The van der Waals surface area contributed by atoms with Gasteiger partial charge in [0.2, 0.25) is 0 Å². The summed E-state index contributed by atoms with van der Waals surface area (Å²) in [5.74, 6) is -2.55. The van der Waals surface area contributed by atoms with Crippen LogP contribution in [0, 0.1) is 17.1 Å². The molecule has 2 aromatic carbocycles. The molecule has 7 nitrogen and oxygen atoms in total. The summed E-state index contributed by atoms with van der Waals surface area (Å²) in [6, 6.07) is 6.57. The molecule has 0 saturated carbocycles. The van der Waals surface area contributed by atoms with Gasteiger partial charge in [-0.05, 0) is 55.5 Å². The Bertz CT molecular complexity index is 1200. The Morgan fingerprint density at radius 1 is 1.21 bits per heavy atom. The van der Waals surface area contributed by atoms with Crippen molar-refractivity contribution in [1.82, 2.24) is 0 Å². The predicted octanol–water partition coefficient (Wildman–Crippen LogP) is 4.05. The molecule has 1 atom stereocenters. The maximum Gasteiger partial charge on any atom is 0.417 e. The first-order valence-corrected chi connectivity index (χ1v) is 10.2. The van der Waals surface area contributed by atoms with E-state index in [0.29, 0.717) is 6.07 Å². The molecule has 0 N–H and O–H groups in total. The van der Waals surface area contributed by atoms with Crippen molar-refractivity contribution in [2.45, 2.75) is 19.1 Å². The third kappa shape index (κ3) is 4.57. The second kappa shape index (κ2) is 9.74. The Hall–Kier alpha value is -3.56. The molecule has 178 valence electrons. The van der Waals surface area contributed by atoms with Gasteiger partial charge in [-0.3, -0.25) is 9.69 Å². The van der Waals surface area contributed by atoms with Crippen molar-refractivity contribution in [1.29, 1.82) is 5.26 Å². The second-order valence-corrected chi connectivity index (χ2v) is 7.36. The van der Waals surface area contributed by atoms with Gasteiger partial charge in [0, 0.05) is 12.3 Å². The van der Waals surface area contributed by atoms with E-state index in [4.69, 9.17) is 22.2 Å². The number of rotatable bonds is 6. The van der Waals surface area contributed by atoms with E-state index in [2.05, 4.69) is 4.74 Å². The summed E-state index contributed by atoms with van der Waals surface area (Å²) in [6.45, 7) is 1.73. The fraction of sp³-hybridized carbons (Fsp3) is 0.273. The molecule has 1 aliphatic heterocycles. The zero-order chi connectivity index (χ0) is 25.2. The Balaban J connectivity index is 2.09. The number of methoxy groups -OCH3 is 1. The van der Waals surface area contributed by atoms with Gasteiger partial charge in [-0.15, -0.1) is 0 Å². The summed E-state index contributed by atoms with van der Waals surface area (Å²) < 4.78 is 64.8. The standard InChI is InChI=1S/C22H17F4N3O4S/c1-3-33-11-18-19(30)29(13-5-4-12(10-27)16(8-13)22(24,25)26)21(34)28(18)14-6-7-15(17(23)9-14)20(31)32-2/h4-9,18H,3,11H2,1-2H3. The van der Waals surface area contributed by atoms with E-state index in [1.807, 2.05) is 0 Å². The molecule has 12 heteroatoms. The van der Waals surface area contributed by atoms with Gasteiger partial charge in [0.15, 0.2) is 5.11 Å². The van der Waals surface area contributed by atoms with Crippen LogP contribution in [-0.4, -0.2) is 43.4 Å². The minimum absolute atomic E-state index is 0.0837. The largest absolute Gasteiger partial charge is 0.465 e. The number of nitriles is 1. The minimum atomic E-state index is -4.84. The van der Waals surface area contributed by atoms with Crippen LogP contribution in [0.15, 0.2) is 36.4 Å². The Morgan fingerprint density at radius 3 is 2.44 bits per heavy atom. The van der Waals surface area contributed by atoms with Gasteiger partial charge >= 0.3 is 12.1 Å². The number of thiocarbonyl (C=S) groups is 1. The van der Waals surface area contributed by atoms with E-state index in [0.717, 1.165) is 30.2 Å². The molecule has 34 heavy (non-hydrogen) atoms. The van der Waals surface area contributed by atoms with Crippen LogP contribution in [0.3, 0.4) is 0 Å². The lowest BCUT2D eigenvalue weighted by molar-refractivity contribution is -0.137. The van der Waals surface area contributed by atoms with Crippen molar-refractivity contribution in [3.05, 3.63) is 58.9 Å². The van der Waals surface area contributed by atoms with Crippen molar-refractivity contribution in [2.24, 2.45) is 0 Å². The molecule has 0 radical (unpaired) electrons. The molecule has 1 amide bonds. The van der Waals surface area contributed by atoms with Crippen molar-refractivity contribution in [3.8, 4) is 6.07 Å². The first kappa shape index (κ1) is 25.1. The van der Waals surface area contributed by atoms with Crippen molar-refractivity contribution >= 4 is 40.6 Å². The normalized spacial score (nSPS) is 16.1. The highest BCUT2D eigenvalue weighted by atomic mass is 32.1. The third-order valence-electron chi connectivity index (χ3n) is 5.02. The molecule has 3 rings (SSSR count). The fourth-order valence-electron chi connectivity index (χ4n) is 3.43. The van der Waals surface area contributed by atoms with Gasteiger partial charge in [0.1, 0.15) is 11.9 Å². The number of halogens is 4. The van der Waals surface area contributed by atoms with Gasteiger partial charge in [0.05, 0.1) is 42.2 Å². The molecule has 1 saturated heterocycles. The number of carbonyl (C=O) groups excluding carboxylic acids is 2. The Labute approximate surface area is 197 Å². The third-order valence-corrected chi connectivity index (χ3v) is 5.40. The molecule has 0 aromatic heterocycles. The first-order chi connectivity index (χ1) is 16.0. The summed E-state index contributed by atoms with van der Waals surface area (Å²) in [6.07, 6.45) is -4.84. The number of hydrogen-bond acceptors (Lipinski definition) is 6. The average molecular weight is 495 g/mol. The molecule has 0 bridgehead atoms. The molecular formula is C22H17F4N3O4S. The monoisotopic (exact) mass is 495 g/mol. The van der Waals surface area contributed by atoms with Crippen LogP contribution < -0.4 is 9.80 Å². The molecule has 1 heterocycles. The highest BCUT2D eigenvalue weighted by molar-refractivity contribution is 7.81. The molecule has 1 fully saturated rings. The summed E-state index contributed by atoms with van der Waals surface area (Å²) in [7, 11) is 1.09. The van der Waals surface area contributed by atoms with Gasteiger partial charge < -0.3 is 14.4 Å². The van der Waals surface area contributed by atoms with E-state index in [-0.39, 0.29) is 35.3 Å². The molecule has 0 aliphatic carbocycles. The van der Waals surface area contributed by atoms with Crippen LogP contribution in [0.4, 0.5) is 28.9 Å². The molecule has 1 unspecified atom stereocenters. The minimum Gasteiger partial charge on any atom is -0.465 e. The van der Waals surface area contributed by atoms with E-state index in [1.165, 1.54) is 23.1 Å². The zero-order valence-corrected chi connectivity index (χ0v) is 18.7. The van der Waals surface area contributed by atoms with E-state index in [1.54, 1.807) is 6.92 Å². The molecule has 1 aliphatic rings. The summed E-state index contributed by atoms with van der Waals surface area (Å²) >= 11 is 5.39. The number of benzene rings is 2. The van der Waals surface area contributed by atoms with Gasteiger partial charge in [-0.1, -0.05) is 0 Å². The summed E-state index contributed by atoms with van der Waals surface area (Å²) in [4.78, 5) is 27.0. The lowest BCUT2D eigenvalue weighted by atomic mass is 10.1. The molecule has 0 spiro atoms. The Kier molecular flexibility index (Phi) is 7.18. The number of nitrogens with zero attached hydrogens (tertiary/aromatic N) is 3. The van der Waals surface area contributed by atoms with Crippen LogP contribution in [0.2, 0.25) is 0 Å². The first-order valence-electron chi connectivity index (χ1n) is 9.79. The highest BCUT2D eigenvalue weighted by Gasteiger charge is 2.45. The number of carbonyl (C=O) groups is 2. The number of hydrogen-bond donors (Lipinski definition) is 0. The van der Waals surface area contributed by atoms with Crippen LogP contribution >= 0.6 is 12.2 Å². The zero-order valence-electron chi connectivity index (χ0n) is 17.9. The van der Waals surface area contributed by atoms with Crippen LogP contribution in [0.25, 0.3) is 0 Å². The van der Waals surface area contributed by atoms with Crippen molar-refractivity contribution in [3.63, 3.8) is 0 Å². The van der Waals surface area contributed by atoms with Crippen LogP contribution in [0.1, 0.15) is 28.4 Å². The van der Waals surface area contributed by atoms with E-state index < -0.39 is 41.0 Å². The van der Waals surface area contributed by atoms with Crippen LogP contribution in [-0.2, 0) is 20.4 Å². The van der Waals surface area contributed by atoms with Crippen molar-refractivity contribution < 1.29 is 36.6 Å². The number of amides is 1. The highest BCUT2D eigenvalue weighted by Crippen LogP contribution is 2.37. The number of esters is 1. The van der Waals surface area contributed by atoms with E-state index >= 15 is 0 Å². The number of alkyl halides is 3. The van der Waals surface area contributed by atoms with Gasteiger partial charge in [-0.25, -0.2) is 9.18 Å². The lowest BCUT2D eigenvalue weighted by Crippen LogP contribution is -2.38. The predicted molar refractivity (Wildman–Crippen MR) is 117 cm³/mol. The fourth-order valence-corrected chi connectivity index (χ4v) is 3.86. The number of ether oxygens (including phenoxy) is 2. The lowest BCUT2D eigenvalue weighted by Gasteiger charge is -2.24. The van der Waals surface area contributed by atoms with Gasteiger partial charge in [-0.2, -0.15) is 18.4 Å².